The maximum absolute atomic E-state index is 9.87. The van der Waals surface area contributed by atoms with E-state index in [9.17, 15) is 4.79 Å². The first kappa shape index (κ1) is 14.9. The van der Waals surface area contributed by atoms with Crippen LogP contribution in [-0.4, -0.2) is 78.4 Å². The summed E-state index contributed by atoms with van der Waals surface area (Å²) in [5.74, 6) is 0. The monoisotopic (exact) mass is 374 g/mol. The van der Waals surface area contributed by atoms with Gasteiger partial charge >= 0.3 is 27.3 Å². The van der Waals surface area contributed by atoms with Gasteiger partial charge in [0.15, 0.2) is 6.29 Å². The van der Waals surface area contributed by atoms with E-state index in [1.807, 2.05) is 0 Å². The molecule has 0 amide bonds. The van der Waals surface area contributed by atoms with Crippen LogP contribution >= 0.6 is 0 Å². The van der Waals surface area contributed by atoms with Crippen molar-refractivity contribution in [1.82, 2.24) is 0 Å². The van der Waals surface area contributed by atoms with Gasteiger partial charge in [0.2, 0.25) is 0 Å². The van der Waals surface area contributed by atoms with E-state index in [4.69, 9.17) is 20.4 Å². The number of hydrogen-bond donors (Lipinski definition) is 4. The van der Waals surface area contributed by atoms with Gasteiger partial charge in [0.05, 0.1) is 6.10 Å². The van der Waals surface area contributed by atoms with Crippen molar-refractivity contribution in [2.24, 2.45) is 0 Å². The first-order valence-corrected chi connectivity index (χ1v) is 3.18. The molecule has 0 aromatic carbocycles. The van der Waals surface area contributed by atoms with Crippen LogP contribution in [0.2, 0.25) is 0 Å². The molecule has 72 valence electrons. The Morgan fingerprint density at radius 3 is 1.75 bits per heavy atom. The Bertz CT molecular complexity index is 129. The third-order valence-corrected chi connectivity index (χ3v) is 1.33. The molecule has 2 radical (unpaired) electrons. The second-order valence-electron chi connectivity index (χ2n) is 2.35. The molecule has 4 atom stereocenters. The van der Waals surface area contributed by atoms with Gasteiger partial charge in [-0.3, -0.25) is 0 Å². The molecule has 0 bridgehead atoms. The van der Waals surface area contributed by atoms with Gasteiger partial charge in [0.25, 0.3) is 0 Å². The van der Waals surface area contributed by atoms with Gasteiger partial charge in [-0.2, -0.15) is 0 Å². The van der Waals surface area contributed by atoms with E-state index in [-0.39, 0.29) is 33.6 Å². The van der Waals surface area contributed by atoms with Crippen LogP contribution in [0.4, 0.5) is 0 Å². The van der Waals surface area contributed by atoms with Gasteiger partial charge < -0.3 is 25.2 Å². The van der Waals surface area contributed by atoms with Gasteiger partial charge in [-0.05, 0) is 6.92 Å². The number of aldehydes is 1. The number of rotatable bonds is 4. The quantitative estimate of drug-likeness (QED) is 0.306. The molecule has 4 N–H and O–H groups in total. The van der Waals surface area contributed by atoms with Gasteiger partial charge in [-0.15, -0.1) is 0 Å². The fourth-order valence-corrected chi connectivity index (χ4v) is 0.568. The first-order valence-electron chi connectivity index (χ1n) is 3.18. The van der Waals surface area contributed by atoms with Crippen LogP contribution < -0.4 is 0 Å². The van der Waals surface area contributed by atoms with E-state index in [2.05, 4.69) is 0 Å². The van der Waals surface area contributed by atoms with Crippen molar-refractivity contribution in [3.8, 4) is 0 Å². The molecule has 0 heterocycles. The number of carbonyl (C=O) groups excluding carboxylic acids is 1. The zero-order valence-corrected chi connectivity index (χ0v) is 12.3. The maximum atomic E-state index is 9.87. The molecule has 0 saturated carbocycles. The number of aliphatic hydroxyl groups excluding tert-OH is 4. The van der Waals surface area contributed by atoms with Crippen molar-refractivity contribution < 1.29 is 25.2 Å². The van der Waals surface area contributed by atoms with Crippen molar-refractivity contribution in [2.45, 2.75) is 31.3 Å². The van der Waals surface area contributed by atoms with E-state index in [0.29, 0.717) is 0 Å². The third-order valence-electron chi connectivity index (χ3n) is 1.33. The van der Waals surface area contributed by atoms with Crippen LogP contribution in [0, 0.1) is 0 Å². The van der Waals surface area contributed by atoms with E-state index in [1.165, 1.54) is 6.92 Å². The zero-order valence-electron chi connectivity index (χ0n) is 6.79. The van der Waals surface area contributed by atoms with E-state index in [1.54, 1.807) is 0 Å². The summed E-state index contributed by atoms with van der Waals surface area (Å²) in [6.07, 6.45) is -5.88. The second kappa shape index (κ2) is 6.90. The molecule has 12 heavy (non-hydrogen) atoms. The van der Waals surface area contributed by atoms with Crippen LogP contribution in [0.25, 0.3) is 0 Å². The average molecular weight is 373 g/mol. The van der Waals surface area contributed by atoms with Crippen molar-refractivity contribution in [3.05, 3.63) is 0 Å². The third kappa shape index (κ3) is 4.46. The van der Waals surface area contributed by atoms with Crippen LogP contribution in [0.1, 0.15) is 6.92 Å². The Labute approximate surface area is 90.2 Å². The summed E-state index contributed by atoms with van der Waals surface area (Å²) in [6, 6.07) is 0. The van der Waals surface area contributed by atoms with E-state index >= 15 is 0 Å². The van der Waals surface area contributed by atoms with E-state index in [0.717, 1.165) is 0 Å². The average Bonchev–Trinajstić information content (AvgIpc) is 2.00. The normalized spacial score (nSPS) is 20.1. The Hall–Kier alpha value is 0.432. The van der Waals surface area contributed by atoms with Gasteiger partial charge in [-0.25, -0.2) is 0 Å². The number of carbonyl (C=O) groups is 1. The molecule has 6 heteroatoms. The van der Waals surface area contributed by atoms with Crippen LogP contribution in [0.3, 0.4) is 0 Å². The van der Waals surface area contributed by atoms with Crippen LogP contribution in [-0.2, 0) is 4.79 Å². The topological polar surface area (TPSA) is 98.0 Å². The Balaban J connectivity index is 0. The zero-order chi connectivity index (χ0) is 9.02. The molecule has 0 aliphatic carbocycles. The first-order chi connectivity index (χ1) is 5.00. The molecular formula is C6H14O5Pb. The standard InChI is InChI=1S/C6H12O5.Pb.2H/c1-3(8)5(10)6(11)4(9)2-7;;;/h2-6,8-11H,1H3;;;. The van der Waals surface area contributed by atoms with Crippen molar-refractivity contribution in [1.29, 1.82) is 0 Å². The molecule has 0 spiro atoms. The Morgan fingerprint density at radius 2 is 1.50 bits per heavy atom. The van der Waals surface area contributed by atoms with Crippen LogP contribution in [0.5, 0.6) is 0 Å². The van der Waals surface area contributed by atoms with Gasteiger partial charge in [0.1, 0.15) is 18.3 Å². The summed E-state index contributed by atoms with van der Waals surface area (Å²) < 4.78 is 0. The molecule has 0 saturated heterocycles. The molecule has 0 aliphatic rings. The fourth-order valence-electron chi connectivity index (χ4n) is 0.568. The minimum absolute atomic E-state index is 0. The molecule has 5 nitrogen and oxygen atoms in total. The summed E-state index contributed by atoms with van der Waals surface area (Å²) in [7, 11) is 0. The SMILES string of the molecule is CC(O)C(O)C(O)C(O)C=O.[PbH2]. The summed E-state index contributed by atoms with van der Waals surface area (Å²) in [5.41, 5.74) is 0. The van der Waals surface area contributed by atoms with Crippen molar-refractivity contribution in [3.63, 3.8) is 0 Å². The van der Waals surface area contributed by atoms with Crippen molar-refractivity contribution in [2.75, 3.05) is 0 Å². The molecule has 0 aliphatic heterocycles. The summed E-state index contributed by atoms with van der Waals surface area (Å²) in [4.78, 5) is 9.87. The Morgan fingerprint density at radius 1 is 1.08 bits per heavy atom. The number of hydrogen-bond acceptors (Lipinski definition) is 5. The predicted molar refractivity (Wildman–Crippen MR) is 44.3 cm³/mol. The summed E-state index contributed by atoms with van der Waals surface area (Å²) in [6.45, 7) is 1.24. The molecule has 0 aromatic heterocycles. The molecule has 4 unspecified atom stereocenters. The molecule has 0 rings (SSSR count). The molecular weight excluding hydrogens is 359 g/mol. The van der Waals surface area contributed by atoms with Crippen molar-refractivity contribution >= 4 is 33.6 Å². The Kier molecular flexibility index (Phi) is 8.58. The van der Waals surface area contributed by atoms with Gasteiger partial charge in [-0.1, -0.05) is 0 Å². The molecule has 0 aromatic rings. The van der Waals surface area contributed by atoms with E-state index < -0.39 is 24.4 Å². The summed E-state index contributed by atoms with van der Waals surface area (Å²) >= 11 is 0. The minimum atomic E-state index is -1.65. The fraction of sp³-hybridized carbons (Fsp3) is 0.833. The predicted octanol–water partition coefficient (Wildman–Crippen LogP) is -3.27. The molecule has 0 fully saturated rings. The van der Waals surface area contributed by atoms with Gasteiger partial charge in [0, 0.05) is 0 Å². The summed E-state index contributed by atoms with van der Waals surface area (Å²) in [5, 5.41) is 35.1. The number of aliphatic hydroxyl groups is 4. The van der Waals surface area contributed by atoms with Crippen LogP contribution in [0.15, 0.2) is 0 Å². The second-order valence-corrected chi connectivity index (χ2v) is 2.35.